The Morgan fingerprint density at radius 3 is 2.33 bits per heavy atom. The summed E-state index contributed by atoms with van der Waals surface area (Å²) in [5.74, 6) is 0. The molecule has 0 aliphatic rings. The minimum absolute atomic E-state index is 1.04. The molecular formula is C11H17N. The second-order valence-electron chi connectivity index (χ2n) is 2.70. The molecule has 0 aliphatic heterocycles. The van der Waals surface area contributed by atoms with Crippen LogP contribution in [-0.2, 0) is 0 Å². The van der Waals surface area contributed by atoms with Crippen LogP contribution < -0.4 is 0 Å². The van der Waals surface area contributed by atoms with Crippen molar-refractivity contribution in [3.63, 3.8) is 0 Å². The van der Waals surface area contributed by atoms with Gasteiger partial charge in [0.2, 0.25) is 0 Å². The normalized spacial score (nSPS) is 11.0. The fraction of sp³-hybridized carbons (Fsp3) is 0.545. The van der Waals surface area contributed by atoms with Crippen molar-refractivity contribution in [2.45, 2.75) is 39.0 Å². The molecule has 0 amide bonds. The molecular weight excluding hydrogens is 146 g/mol. The molecule has 0 atom stereocenters. The van der Waals surface area contributed by atoms with Crippen LogP contribution in [0.15, 0.2) is 24.3 Å². The summed E-state index contributed by atoms with van der Waals surface area (Å²) in [6.07, 6.45) is 13.7. The van der Waals surface area contributed by atoms with Gasteiger partial charge in [0, 0.05) is 6.08 Å². The third-order valence-corrected chi connectivity index (χ3v) is 1.59. The number of allylic oxidation sites excluding steroid dienone is 4. The number of unbranched alkanes of at least 4 members (excludes halogenated alkanes) is 3. The molecule has 0 fully saturated rings. The average Bonchev–Trinajstić information content (AvgIpc) is 2.10. The van der Waals surface area contributed by atoms with E-state index in [4.69, 9.17) is 5.26 Å². The van der Waals surface area contributed by atoms with Gasteiger partial charge in [-0.2, -0.15) is 5.26 Å². The molecule has 12 heavy (non-hydrogen) atoms. The fourth-order valence-corrected chi connectivity index (χ4v) is 0.945. The molecule has 0 aliphatic carbocycles. The number of rotatable bonds is 6. The van der Waals surface area contributed by atoms with Crippen molar-refractivity contribution in [3.8, 4) is 6.07 Å². The maximum absolute atomic E-state index is 8.19. The number of nitriles is 1. The molecule has 0 aromatic rings. The van der Waals surface area contributed by atoms with E-state index in [1.54, 1.807) is 6.08 Å². The molecule has 0 N–H and O–H groups in total. The van der Waals surface area contributed by atoms with Crippen LogP contribution in [0.1, 0.15) is 39.0 Å². The first-order chi connectivity index (χ1) is 5.91. The summed E-state index contributed by atoms with van der Waals surface area (Å²) in [7, 11) is 0. The van der Waals surface area contributed by atoms with Crippen LogP contribution in [0, 0.1) is 11.3 Å². The number of nitrogens with zero attached hydrogens (tertiary/aromatic N) is 1. The van der Waals surface area contributed by atoms with Gasteiger partial charge in [-0.1, -0.05) is 25.2 Å². The van der Waals surface area contributed by atoms with Crippen molar-refractivity contribution in [1.82, 2.24) is 0 Å². The Morgan fingerprint density at radius 2 is 1.75 bits per heavy atom. The quantitative estimate of drug-likeness (QED) is 0.333. The standard InChI is InChI=1S/C11H17N/c1-2-3-4-5-6-7-8-9-10-11-12/h3-4,9-10H,2,5-8H2,1H3/b4-3?,10-9-. The lowest BCUT2D eigenvalue weighted by atomic mass is 10.2. The van der Waals surface area contributed by atoms with E-state index in [0.29, 0.717) is 0 Å². The van der Waals surface area contributed by atoms with E-state index in [-0.39, 0.29) is 0 Å². The van der Waals surface area contributed by atoms with Gasteiger partial charge in [-0.15, -0.1) is 0 Å². The fourth-order valence-electron chi connectivity index (χ4n) is 0.945. The van der Waals surface area contributed by atoms with Gasteiger partial charge < -0.3 is 0 Å². The highest BCUT2D eigenvalue weighted by molar-refractivity contribution is 5.01. The lowest BCUT2D eigenvalue weighted by Crippen LogP contribution is -1.71. The molecule has 0 unspecified atom stereocenters. The second-order valence-corrected chi connectivity index (χ2v) is 2.70. The van der Waals surface area contributed by atoms with E-state index in [1.165, 1.54) is 19.3 Å². The molecule has 66 valence electrons. The Bertz CT molecular complexity index is 172. The Morgan fingerprint density at radius 1 is 1.08 bits per heavy atom. The predicted molar refractivity (Wildman–Crippen MR) is 52.7 cm³/mol. The first kappa shape index (κ1) is 11.0. The van der Waals surface area contributed by atoms with E-state index in [2.05, 4.69) is 19.1 Å². The molecule has 0 saturated carbocycles. The van der Waals surface area contributed by atoms with Gasteiger partial charge in [0.15, 0.2) is 0 Å². The monoisotopic (exact) mass is 163 g/mol. The highest BCUT2D eigenvalue weighted by atomic mass is 14.2. The van der Waals surface area contributed by atoms with Gasteiger partial charge in [-0.3, -0.25) is 0 Å². The first-order valence-electron chi connectivity index (χ1n) is 4.61. The second kappa shape index (κ2) is 9.97. The molecule has 0 radical (unpaired) electrons. The Balaban J connectivity index is 3.07. The maximum Gasteiger partial charge on any atom is 0.0908 e. The van der Waals surface area contributed by atoms with Crippen LogP contribution in [0.25, 0.3) is 0 Å². The van der Waals surface area contributed by atoms with Crippen LogP contribution in [-0.4, -0.2) is 0 Å². The summed E-state index contributed by atoms with van der Waals surface area (Å²) >= 11 is 0. The zero-order valence-corrected chi connectivity index (χ0v) is 7.79. The molecule has 0 bridgehead atoms. The summed E-state index contributed by atoms with van der Waals surface area (Å²) in [6, 6.07) is 1.98. The zero-order chi connectivity index (χ0) is 9.07. The molecule has 0 heterocycles. The highest BCUT2D eigenvalue weighted by Crippen LogP contribution is 2.01. The molecule has 0 spiro atoms. The van der Waals surface area contributed by atoms with Crippen molar-refractivity contribution >= 4 is 0 Å². The minimum atomic E-state index is 1.04. The Kier molecular flexibility index (Phi) is 9.11. The van der Waals surface area contributed by atoms with Gasteiger partial charge in [0.1, 0.15) is 0 Å². The lowest BCUT2D eigenvalue weighted by molar-refractivity contribution is 0.761. The Hall–Kier alpha value is -1.03. The zero-order valence-electron chi connectivity index (χ0n) is 7.79. The van der Waals surface area contributed by atoms with E-state index < -0.39 is 0 Å². The van der Waals surface area contributed by atoms with Crippen molar-refractivity contribution in [3.05, 3.63) is 24.3 Å². The van der Waals surface area contributed by atoms with Crippen molar-refractivity contribution in [1.29, 1.82) is 5.26 Å². The van der Waals surface area contributed by atoms with E-state index >= 15 is 0 Å². The van der Waals surface area contributed by atoms with Gasteiger partial charge in [0.25, 0.3) is 0 Å². The summed E-state index contributed by atoms with van der Waals surface area (Å²) in [4.78, 5) is 0. The first-order valence-corrected chi connectivity index (χ1v) is 4.61. The van der Waals surface area contributed by atoms with Gasteiger partial charge in [-0.05, 0) is 32.1 Å². The summed E-state index contributed by atoms with van der Waals surface area (Å²) in [5, 5.41) is 8.19. The Labute approximate surface area is 75.4 Å². The largest absolute Gasteiger partial charge is 0.193 e. The third kappa shape index (κ3) is 8.97. The van der Waals surface area contributed by atoms with Crippen LogP contribution in [0.2, 0.25) is 0 Å². The number of hydrogen-bond donors (Lipinski definition) is 0. The molecule has 0 aromatic carbocycles. The van der Waals surface area contributed by atoms with Crippen molar-refractivity contribution in [2.24, 2.45) is 0 Å². The van der Waals surface area contributed by atoms with Crippen LogP contribution in [0.4, 0.5) is 0 Å². The van der Waals surface area contributed by atoms with Crippen molar-refractivity contribution in [2.75, 3.05) is 0 Å². The van der Waals surface area contributed by atoms with E-state index in [0.717, 1.165) is 12.8 Å². The van der Waals surface area contributed by atoms with Crippen LogP contribution in [0.5, 0.6) is 0 Å². The van der Waals surface area contributed by atoms with Crippen LogP contribution in [0.3, 0.4) is 0 Å². The van der Waals surface area contributed by atoms with E-state index in [9.17, 15) is 0 Å². The highest BCUT2D eigenvalue weighted by Gasteiger charge is 1.82. The van der Waals surface area contributed by atoms with E-state index in [1.807, 2.05) is 12.1 Å². The number of hydrogen-bond acceptors (Lipinski definition) is 1. The lowest BCUT2D eigenvalue weighted by Gasteiger charge is -1.91. The predicted octanol–water partition coefficient (Wildman–Crippen LogP) is 3.59. The summed E-state index contributed by atoms with van der Waals surface area (Å²) in [5.41, 5.74) is 0. The third-order valence-electron chi connectivity index (χ3n) is 1.59. The average molecular weight is 163 g/mol. The molecule has 1 heteroatoms. The molecule has 0 saturated heterocycles. The topological polar surface area (TPSA) is 23.8 Å². The molecule has 0 rings (SSSR count). The van der Waals surface area contributed by atoms with Gasteiger partial charge in [-0.25, -0.2) is 0 Å². The summed E-state index contributed by atoms with van der Waals surface area (Å²) < 4.78 is 0. The maximum atomic E-state index is 8.19. The van der Waals surface area contributed by atoms with Gasteiger partial charge >= 0.3 is 0 Å². The van der Waals surface area contributed by atoms with Crippen molar-refractivity contribution < 1.29 is 0 Å². The van der Waals surface area contributed by atoms with Crippen LogP contribution >= 0.6 is 0 Å². The van der Waals surface area contributed by atoms with Gasteiger partial charge in [0.05, 0.1) is 6.07 Å². The molecule has 0 aromatic heterocycles. The smallest absolute Gasteiger partial charge is 0.0908 e. The SMILES string of the molecule is CCC=CCCCC/C=C\C#N. The molecule has 1 nitrogen and oxygen atoms in total. The summed E-state index contributed by atoms with van der Waals surface area (Å²) in [6.45, 7) is 2.14. The minimum Gasteiger partial charge on any atom is -0.193 e.